The maximum atomic E-state index is 12.7. The van der Waals surface area contributed by atoms with Gasteiger partial charge >= 0.3 is 11.8 Å². The molecule has 4 nitrogen and oxygen atoms in total. The van der Waals surface area contributed by atoms with Crippen molar-refractivity contribution in [3.05, 3.63) is 65.7 Å². The summed E-state index contributed by atoms with van der Waals surface area (Å²) < 4.78 is 0. The highest BCUT2D eigenvalue weighted by Gasteiger charge is 2.33. The van der Waals surface area contributed by atoms with Crippen LogP contribution in [-0.2, 0) is 9.59 Å². The molecule has 1 atom stereocenters. The van der Waals surface area contributed by atoms with Crippen LogP contribution in [0.2, 0.25) is 0 Å². The zero-order chi connectivity index (χ0) is 17.8. The zero-order valence-electron chi connectivity index (χ0n) is 14.7. The minimum atomic E-state index is -0.559. The Labute approximate surface area is 148 Å². The van der Waals surface area contributed by atoms with Crippen LogP contribution in [-0.4, -0.2) is 23.3 Å². The second-order valence-corrected chi connectivity index (χ2v) is 6.76. The van der Waals surface area contributed by atoms with E-state index in [0.29, 0.717) is 12.2 Å². The predicted octanol–water partition coefficient (Wildman–Crippen LogP) is 4.11. The van der Waals surface area contributed by atoms with Crippen LogP contribution in [0.1, 0.15) is 49.8 Å². The van der Waals surface area contributed by atoms with Crippen molar-refractivity contribution in [1.82, 2.24) is 4.90 Å². The number of hydrogen-bond donors (Lipinski definition) is 1. The van der Waals surface area contributed by atoms with Gasteiger partial charge in [0.15, 0.2) is 0 Å². The Hall–Kier alpha value is -2.62. The third-order valence-corrected chi connectivity index (χ3v) is 4.72. The summed E-state index contributed by atoms with van der Waals surface area (Å²) >= 11 is 0. The summed E-state index contributed by atoms with van der Waals surface area (Å²) in [6, 6.07) is 17.6. The fraction of sp³-hybridized carbons (Fsp3) is 0.333. The molecule has 0 aliphatic carbocycles. The molecule has 0 spiro atoms. The molecule has 1 aliphatic heterocycles. The molecule has 4 heteroatoms. The van der Waals surface area contributed by atoms with Crippen molar-refractivity contribution in [2.45, 2.75) is 38.6 Å². The van der Waals surface area contributed by atoms with E-state index in [1.54, 1.807) is 4.90 Å². The van der Waals surface area contributed by atoms with Gasteiger partial charge in [0.2, 0.25) is 0 Å². The first-order chi connectivity index (χ1) is 12.1. The summed E-state index contributed by atoms with van der Waals surface area (Å²) in [4.78, 5) is 27.0. The number of nitrogens with zero attached hydrogens (tertiary/aromatic N) is 1. The fourth-order valence-corrected chi connectivity index (χ4v) is 3.45. The van der Waals surface area contributed by atoms with Gasteiger partial charge in [0.05, 0.1) is 6.04 Å². The zero-order valence-corrected chi connectivity index (χ0v) is 14.7. The first-order valence-electron chi connectivity index (χ1n) is 8.83. The topological polar surface area (TPSA) is 49.4 Å². The first-order valence-corrected chi connectivity index (χ1v) is 8.83. The molecule has 1 aliphatic rings. The highest BCUT2D eigenvalue weighted by Crippen LogP contribution is 2.32. The Morgan fingerprint density at radius 1 is 1.04 bits per heavy atom. The standard InChI is InChI=1S/C21H24N2O2/c1-15(2)17-11-6-7-12-18(17)22-20(24)21(25)23-14-8-13-19(23)16-9-4-3-5-10-16/h3-7,9-12,15,19H,8,13-14H2,1-2H3,(H,22,24). The van der Waals surface area contributed by atoms with E-state index in [4.69, 9.17) is 0 Å². The Morgan fingerprint density at radius 3 is 2.44 bits per heavy atom. The Bertz CT molecular complexity index is 756. The summed E-state index contributed by atoms with van der Waals surface area (Å²) in [5.74, 6) is -0.740. The number of benzene rings is 2. The van der Waals surface area contributed by atoms with Gasteiger partial charge in [0, 0.05) is 12.2 Å². The normalized spacial score (nSPS) is 16.9. The average Bonchev–Trinajstić information content (AvgIpc) is 3.11. The van der Waals surface area contributed by atoms with E-state index in [0.717, 1.165) is 24.0 Å². The highest BCUT2D eigenvalue weighted by atomic mass is 16.2. The largest absolute Gasteiger partial charge is 0.327 e. The minimum Gasteiger partial charge on any atom is -0.327 e. The van der Waals surface area contributed by atoms with Crippen LogP contribution in [0.5, 0.6) is 0 Å². The van der Waals surface area contributed by atoms with Gasteiger partial charge in [-0.15, -0.1) is 0 Å². The van der Waals surface area contributed by atoms with Crippen LogP contribution in [0.15, 0.2) is 54.6 Å². The van der Waals surface area contributed by atoms with E-state index >= 15 is 0 Å². The van der Waals surface area contributed by atoms with Crippen LogP contribution in [0.4, 0.5) is 5.69 Å². The van der Waals surface area contributed by atoms with Crippen molar-refractivity contribution in [3.63, 3.8) is 0 Å². The van der Waals surface area contributed by atoms with E-state index in [1.807, 2.05) is 54.6 Å². The molecule has 1 fully saturated rings. The number of para-hydroxylation sites is 1. The molecular formula is C21H24N2O2. The maximum absolute atomic E-state index is 12.7. The molecule has 1 unspecified atom stereocenters. The van der Waals surface area contributed by atoms with Crippen molar-refractivity contribution in [2.75, 3.05) is 11.9 Å². The number of carbonyl (C=O) groups is 2. The lowest BCUT2D eigenvalue weighted by atomic mass is 10.0. The molecule has 2 aromatic carbocycles. The second kappa shape index (κ2) is 7.51. The number of anilines is 1. The van der Waals surface area contributed by atoms with Crippen LogP contribution in [0.3, 0.4) is 0 Å². The fourth-order valence-electron chi connectivity index (χ4n) is 3.45. The monoisotopic (exact) mass is 336 g/mol. The molecule has 2 aromatic rings. The second-order valence-electron chi connectivity index (χ2n) is 6.76. The lowest BCUT2D eigenvalue weighted by molar-refractivity contribution is -0.143. The van der Waals surface area contributed by atoms with Crippen LogP contribution in [0.25, 0.3) is 0 Å². The van der Waals surface area contributed by atoms with Gasteiger partial charge in [-0.25, -0.2) is 0 Å². The van der Waals surface area contributed by atoms with E-state index in [1.165, 1.54) is 0 Å². The highest BCUT2D eigenvalue weighted by molar-refractivity contribution is 6.39. The maximum Gasteiger partial charge on any atom is 0.313 e. The summed E-state index contributed by atoms with van der Waals surface area (Å²) in [5, 5.41) is 2.81. The van der Waals surface area contributed by atoms with Gasteiger partial charge in [0.25, 0.3) is 0 Å². The van der Waals surface area contributed by atoms with E-state index < -0.39 is 11.8 Å². The molecule has 0 aromatic heterocycles. The molecule has 0 bridgehead atoms. The number of nitrogens with one attached hydrogen (secondary N) is 1. The Morgan fingerprint density at radius 2 is 1.72 bits per heavy atom. The van der Waals surface area contributed by atoms with E-state index in [9.17, 15) is 9.59 Å². The molecule has 1 saturated heterocycles. The molecule has 0 radical (unpaired) electrons. The van der Waals surface area contributed by atoms with Crippen LogP contribution >= 0.6 is 0 Å². The van der Waals surface area contributed by atoms with E-state index in [2.05, 4.69) is 19.2 Å². The van der Waals surface area contributed by atoms with Crippen LogP contribution in [0, 0.1) is 0 Å². The number of amides is 2. The third kappa shape index (κ3) is 3.73. The van der Waals surface area contributed by atoms with Crippen LogP contribution < -0.4 is 5.32 Å². The van der Waals surface area contributed by atoms with Crippen molar-refractivity contribution >= 4 is 17.5 Å². The third-order valence-electron chi connectivity index (χ3n) is 4.72. The predicted molar refractivity (Wildman–Crippen MR) is 99.3 cm³/mol. The van der Waals surface area contributed by atoms with Crippen molar-refractivity contribution in [3.8, 4) is 0 Å². The van der Waals surface area contributed by atoms with Gasteiger partial charge in [-0.2, -0.15) is 0 Å². The average molecular weight is 336 g/mol. The van der Waals surface area contributed by atoms with Crippen molar-refractivity contribution in [2.24, 2.45) is 0 Å². The van der Waals surface area contributed by atoms with Gasteiger partial charge in [-0.3, -0.25) is 9.59 Å². The Balaban J connectivity index is 1.75. The van der Waals surface area contributed by atoms with Gasteiger partial charge in [-0.05, 0) is 36.0 Å². The molecule has 1 heterocycles. The molecule has 3 rings (SSSR count). The molecule has 130 valence electrons. The molecule has 2 amide bonds. The van der Waals surface area contributed by atoms with E-state index in [-0.39, 0.29) is 12.0 Å². The smallest absolute Gasteiger partial charge is 0.313 e. The molecular weight excluding hydrogens is 312 g/mol. The number of likely N-dealkylation sites (tertiary alicyclic amines) is 1. The van der Waals surface area contributed by atoms with Crippen molar-refractivity contribution < 1.29 is 9.59 Å². The number of rotatable bonds is 3. The van der Waals surface area contributed by atoms with Crippen molar-refractivity contribution in [1.29, 1.82) is 0 Å². The SMILES string of the molecule is CC(C)c1ccccc1NC(=O)C(=O)N1CCCC1c1ccccc1. The first kappa shape index (κ1) is 17.2. The minimum absolute atomic E-state index is 0.0141. The van der Waals surface area contributed by atoms with Gasteiger partial charge < -0.3 is 10.2 Å². The lowest BCUT2D eigenvalue weighted by Crippen LogP contribution is -2.39. The quantitative estimate of drug-likeness (QED) is 0.858. The summed E-state index contributed by atoms with van der Waals surface area (Å²) in [5.41, 5.74) is 2.83. The lowest BCUT2D eigenvalue weighted by Gasteiger charge is -2.24. The van der Waals surface area contributed by atoms with Gasteiger partial charge in [-0.1, -0.05) is 62.4 Å². The number of carbonyl (C=O) groups excluding carboxylic acids is 2. The number of hydrogen-bond acceptors (Lipinski definition) is 2. The van der Waals surface area contributed by atoms with Gasteiger partial charge in [0.1, 0.15) is 0 Å². The summed E-state index contributed by atoms with van der Waals surface area (Å²) in [6.45, 7) is 4.76. The Kier molecular flexibility index (Phi) is 5.17. The molecule has 0 saturated carbocycles. The summed E-state index contributed by atoms with van der Waals surface area (Å²) in [6.07, 6.45) is 1.81. The molecule has 25 heavy (non-hydrogen) atoms. The molecule has 1 N–H and O–H groups in total. The summed E-state index contributed by atoms with van der Waals surface area (Å²) in [7, 11) is 0.